The maximum atomic E-state index is 10.8. The minimum absolute atomic E-state index is 0.0360. The molecule has 1 N–H and O–H groups in total. The first-order valence-electron chi connectivity index (χ1n) is 5.83. The fraction of sp³-hybridized carbons (Fsp3) is 0.143. The average Bonchev–Trinajstić information content (AvgIpc) is 2.41. The van der Waals surface area contributed by atoms with Crippen molar-refractivity contribution < 1.29 is 14.8 Å². The van der Waals surface area contributed by atoms with E-state index in [0.29, 0.717) is 17.1 Å². The highest BCUT2D eigenvalue weighted by Crippen LogP contribution is 2.32. The lowest BCUT2D eigenvalue weighted by Gasteiger charge is -2.12. The minimum atomic E-state index is -0.472. The maximum absolute atomic E-state index is 10.8. The summed E-state index contributed by atoms with van der Waals surface area (Å²) in [7, 11) is 0. The van der Waals surface area contributed by atoms with E-state index in [1.165, 1.54) is 12.1 Å². The van der Waals surface area contributed by atoms with E-state index in [0.717, 1.165) is 10.0 Å². The predicted octanol–water partition coefficient (Wildman–Crippen LogP) is 3.95. The lowest BCUT2D eigenvalue weighted by molar-refractivity contribution is -0.384. The molecular weight excluding hydrogens is 326 g/mol. The fourth-order valence-corrected chi connectivity index (χ4v) is 2.02. The summed E-state index contributed by atoms with van der Waals surface area (Å²) >= 11 is 3.33. The number of benzene rings is 2. The molecule has 104 valence electrons. The van der Waals surface area contributed by atoms with Gasteiger partial charge < -0.3 is 9.84 Å². The van der Waals surface area contributed by atoms with Gasteiger partial charge in [0, 0.05) is 16.1 Å². The number of hydrogen-bond acceptors (Lipinski definition) is 4. The van der Waals surface area contributed by atoms with E-state index in [1.54, 1.807) is 31.2 Å². The molecule has 0 spiro atoms. The van der Waals surface area contributed by atoms with Crippen molar-refractivity contribution in [3.8, 4) is 11.5 Å². The van der Waals surface area contributed by atoms with Crippen LogP contribution in [0.25, 0.3) is 0 Å². The lowest BCUT2D eigenvalue weighted by Crippen LogP contribution is -1.95. The summed E-state index contributed by atoms with van der Waals surface area (Å²) in [6, 6.07) is 9.66. The number of hydrogen-bond donors (Lipinski definition) is 1. The maximum Gasteiger partial charge on any atom is 0.273 e. The molecule has 0 radical (unpaired) electrons. The topological polar surface area (TPSA) is 72.6 Å². The highest BCUT2D eigenvalue weighted by Gasteiger charge is 2.12. The summed E-state index contributed by atoms with van der Waals surface area (Å²) in [6.07, 6.45) is 0. The van der Waals surface area contributed by atoms with Crippen molar-refractivity contribution in [1.29, 1.82) is 0 Å². The van der Waals surface area contributed by atoms with Crippen molar-refractivity contribution in [2.75, 3.05) is 0 Å². The van der Waals surface area contributed by atoms with Crippen molar-refractivity contribution in [2.24, 2.45) is 0 Å². The summed E-state index contributed by atoms with van der Waals surface area (Å²) < 4.78 is 6.51. The molecule has 0 saturated heterocycles. The zero-order valence-electron chi connectivity index (χ0n) is 10.7. The normalized spacial score (nSPS) is 10.3. The van der Waals surface area contributed by atoms with Crippen LogP contribution in [0.5, 0.6) is 11.5 Å². The van der Waals surface area contributed by atoms with E-state index in [2.05, 4.69) is 15.9 Å². The van der Waals surface area contributed by atoms with Crippen molar-refractivity contribution in [2.45, 2.75) is 13.5 Å². The molecule has 2 aromatic rings. The van der Waals surface area contributed by atoms with Crippen molar-refractivity contribution in [3.63, 3.8) is 0 Å². The monoisotopic (exact) mass is 337 g/mol. The second-order valence-corrected chi connectivity index (χ2v) is 5.13. The molecule has 2 aromatic carbocycles. The first kappa shape index (κ1) is 14.5. The number of aliphatic hydroxyl groups excluding tert-OH is 1. The van der Waals surface area contributed by atoms with Gasteiger partial charge in [0.05, 0.1) is 17.6 Å². The third-order valence-corrected chi connectivity index (χ3v) is 3.30. The largest absolute Gasteiger partial charge is 0.456 e. The van der Waals surface area contributed by atoms with Gasteiger partial charge in [0.2, 0.25) is 0 Å². The molecule has 0 bridgehead atoms. The highest BCUT2D eigenvalue weighted by atomic mass is 79.9. The van der Waals surface area contributed by atoms with Gasteiger partial charge in [-0.1, -0.05) is 22.0 Å². The van der Waals surface area contributed by atoms with Gasteiger partial charge >= 0.3 is 0 Å². The first-order valence-corrected chi connectivity index (χ1v) is 6.62. The number of ether oxygens (including phenoxy) is 1. The molecule has 6 heteroatoms. The van der Waals surface area contributed by atoms with E-state index in [-0.39, 0.29) is 12.3 Å². The predicted molar refractivity (Wildman–Crippen MR) is 78.0 cm³/mol. The summed E-state index contributed by atoms with van der Waals surface area (Å²) in [5, 5.41) is 20.1. The third kappa shape index (κ3) is 3.15. The van der Waals surface area contributed by atoms with Crippen molar-refractivity contribution >= 4 is 21.6 Å². The molecule has 20 heavy (non-hydrogen) atoms. The van der Waals surface area contributed by atoms with Gasteiger partial charge in [0.25, 0.3) is 5.69 Å². The Morgan fingerprint density at radius 1 is 1.25 bits per heavy atom. The standard InChI is InChI=1S/C14H12BrNO4/c1-9-2-5-12(16(18)19)7-13(9)20-14-6-11(15)4-3-10(14)8-17/h2-7,17H,8H2,1H3. The molecule has 0 aliphatic heterocycles. The number of nitro benzene ring substituents is 1. The highest BCUT2D eigenvalue weighted by molar-refractivity contribution is 9.10. The Balaban J connectivity index is 2.41. The van der Waals surface area contributed by atoms with Crippen LogP contribution in [0.15, 0.2) is 40.9 Å². The smallest absolute Gasteiger partial charge is 0.273 e. The van der Waals surface area contributed by atoms with Crippen LogP contribution in [-0.2, 0) is 6.61 Å². The summed E-state index contributed by atoms with van der Waals surface area (Å²) in [5.41, 5.74) is 1.35. The van der Waals surface area contributed by atoms with Gasteiger partial charge in [-0.05, 0) is 30.7 Å². The van der Waals surface area contributed by atoms with Crippen molar-refractivity contribution in [1.82, 2.24) is 0 Å². The Hall–Kier alpha value is -1.92. The summed E-state index contributed by atoms with van der Waals surface area (Å²) in [4.78, 5) is 10.3. The van der Waals surface area contributed by atoms with E-state index in [1.807, 2.05) is 0 Å². The van der Waals surface area contributed by atoms with Gasteiger partial charge in [-0.3, -0.25) is 10.1 Å². The molecule has 0 aromatic heterocycles. The number of rotatable bonds is 4. The van der Waals surface area contributed by atoms with Gasteiger partial charge in [-0.2, -0.15) is 0 Å². The molecule has 0 heterocycles. The lowest BCUT2D eigenvalue weighted by atomic mass is 10.2. The third-order valence-electron chi connectivity index (χ3n) is 2.80. The van der Waals surface area contributed by atoms with Crippen LogP contribution in [0.3, 0.4) is 0 Å². The van der Waals surface area contributed by atoms with E-state index in [9.17, 15) is 15.2 Å². The summed E-state index contributed by atoms with van der Waals surface area (Å²) in [5.74, 6) is 0.859. The summed E-state index contributed by atoms with van der Waals surface area (Å²) in [6.45, 7) is 1.63. The van der Waals surface area contributed by atoms with Gasteiger partial charge in [0.1, 0.15) is 11.5 Å². The molecule has 0 amide bonds. The van der Waals surface area contributed by atoms with E-state index >= 15 is 0 Å². The number of aliphatic hydroxyl groups is 1. The van der Waals surface area contributed by atoms with Crippen LogP contribution in [0.4, 0.5) is 5.69 Å². The minimum Gasteiger partial charge on any atom is -0.456 e. The van der Waals surface area contributed by atoms with Gasteiger partial charge in [0.15, 0.2) is 0 Å². The molecule has 0 saturated carbocycles. The van der Waals surface area contributed by atoms with Crippen LogP contribution in [0.2, 0.25) is 0 Å². The fourth-order valence-electron chi connectivity index (χ4n) is 1.68. The molecule has 0 fully saturated rings. The zero-order valence-corrected chi connectivity index (χ0v) is 12.3. The Morgan fingerprint density at radius 2 is 2.00 bits per heavy atom. The Kier molecular flexibility index (Phi) is 4.36. The van der Waals surface area contributed by atoms with Crippen LogP contribution in [0, 0.1) is 17.0 Å². The molecule has 0 aliphatic carbocycles. The second-order valence-electron chi connectivity index (χ2n) is 4.22. The van der Waals surface area contributed by atoms with E-state index < -0.39 is 4.92 Å². The quantitative estimate of drug-likeness (QED) is 0.677. The SMILES string of the molecule is Cc1ccc([N+](=O)[O-])cc1Oc1cc(Br)ccc1CO. The zero-order chi connectivity index (χ0) is 14.7. The first-order chi connectivity index (χ1) is 9.51. The molecule has 0 atom stereocenters. The number of non-ortho nitro benzene ring substituents is 1. The average molecular weight is 338 g/mol. The number of aryl methyl sites for hydroxylation is 1. The number of nitro groups is 1. The van der Waals surface area contributed by atoms with Gasteiger partial charge in [-0.15, -0.1) is 0 Å². The molecular formula is C14H12BrNO4. The molecule has 2 rings (SSSR count). The Morgan fingerprint density at radius 3 is 2.65 bits per heavy atom. The van der Waals surface area contributed by atoms with Gasteiger partial charge in [-0.25, -0.2) is 0 Å². The van der Waals surface area contributed by atoms with Crippen LogP contribution in [-0.4, -0.2) is 10.0 Å². The van der Waals surface area contributed by atoms with Crippen LogP contribution < -0.4 is 4.74 Å². The Labute approximate surface area is 124 Å². The van der Waals surface area contributed by atoms with E-state index in [4.69, 9.17) is 4.74 Å². The van der Waals surface area contributed by atoms with Crippen LogP contribution in [0.1, 0.15) is 11.1 Å². The number of halogens is 1. The van der Waals surface area contributed by atoms with Crippen LogP contribution >= 0.6 is 15.9 Å². The van der Waals surface area contributed by atoms with Crippen molar-refractivity contribution in [3.05, 3.63) is 62.1 Å². The molecule has 0 aliphatic rings. The molecule has 5 nitrogen and oxygen atoms in total. The Bertz CT molecular complexity index is 658. The number of nitrogens with zero attached hydrogens (tertiary/aromatic N) is 1. The second kappa shape index (κ2) is 6.02. The molecule has 0 unspecified atom stereocenters.